The number of carbonyl (C=O) groups excluding carboxylic acids is 3. The van der Waals surface area contributed by atoms with Gasteiger partial charge in [0.1, 0.15) is 16.8 Å². The number of nitrogens with zero attached hydrogens (tertiary/aromatic N) is 1. The third-order valence-electron chi connectivity index (χ3n) is 3.84. The average molecular weight is 416 g/mol. The molecule has 8 nitrogen and oxygen atoms in total. The Morgan fingerprint density at radius 1 is 1.14 bits per heavy atom. The first-order valence-corrected chi connectivity index (χ1v) is 9.53. The van der Waals surface area contributed by atoms with E-state index in [1.807, 2.05) is 13.0 Å². The van der Waals surface area contributed by atoms with Gasteiger partial charge in [-0.15, -0.1) is 11.3 Å². The minimum Gasteiger partial charge on any atom is -0.481 e. The molecule has 0 aliphatic rings. The molecule has 0 aliphatic heterocycles. The largest absolute Gasteiger partial charge is 0.481 e. The van der Waals surface area contributed by atoms with Gasteiger partial charge in [0.25, 0.3) is 5.91 Å². The van der Waals surface area contributed by atoms with E-state index in [4.69, 9.17) is 19.5 Å². The summed E-state index contributed by atoms with van der Waals surface area (Å²) in [6.45, 7) is 4.52. The van der Waals surface area contributed by atoms with Crippen molar-refractivity contribution in [3.8, 4) is 11.8 Å². The highest BCUT2D eigenvalue weighted by Gasteiger charge is 2.22. The topological polar surface area (TPSA) is 115 Å². The van der Waals surface area contributed by atoms with Crippen molar-refractivity contribution in [1.29, 1.82) is 5.26 Å². The molecule has 0 bridgehead atoms. The molecule has 2 aromatic rings. The number of nitrogens with one attached hydrogen (secondary N) is 1. The molecule has 1 amide bonds. The number of carbonyl (C=O) groups is 3. The van der Waals surface area contributed by atoms with Crippen LogP contribution in [0.2, 0.25) is 0 Å². The molecule has 0 saturated heterocycles. The van der Waals surface area contributed by atoms with Crippen molar-refractivity contribution < 1.29 is 28.6 Å². The van der Waals surface area contributed by atoms with Gasteiger partial charge in [0, 0.05) is 4.88 Å². The van der Waals surface area contributed by atoms with Gasteiger partial charge in [-0.25, -0.2) is 9.59 Å². The number of hydrogen-bond acceptors (Lipinski definition) is 8. The van der Waals surface area contributed by atoms with Gasteiger partial charge in [0.2, 0.25) is 0 Å². The first-order valence-electron chi connectivity index (χ1n) is 8.71. The molecule has 29 heavy (non-hydrogen) atoms. The minimum atomic E-state index is -0.767. The predicted molar refractivity (Wildman–Crippen MR) is 106 cm³/mol. The van der Waals surface area contributed by atoms with Gasteiger partial charge in [-0.3, -0.25) is 4.79 Å². The molecule has 0 spiro atoms. The van der Waals surface area contributed by atoms with Gasteiger partial charge < -0.3 is 19.5 Å². The summed E-state index contributed by atoms with van der Waals surface area (Å²) in [7, 11) is 0. The lowest BCUT2D eigenvalue weighted by molar-refractivity contribution is -0.149. The maximum atomic E-state index is 12.1. The Labute approximate surface area is 172 Å². The number of rotatable bonds is 8. The van der Waals surface area contributed by atoms with Crippen LogP contribution in [0.25, 0.3) is 0 Å². The van der Waals surface area contributed by atoms with Crippen LogP contribution < -0.4 is 10.1 Å². The highest BCUT2D eigenvalue weighted by Crippen LogP contribution is 2.33. The van der Waals surface area contributed by atoms with E-state index in [9.17, 15) is 14.4 Å². The van der Waals surface area contributed by atoms with E-state index < -0.39 is 31.1 Å². The van der Waals surface area contributed by atoms with Gasteiger partial charge in [0.05, 0.1) is 17.7 Å². The SMILES string of the molecule is CCOC(=O)c1c(NC(=O)COC(=O)COc2ccccc2C#N)sc(C)c1C. The lowest BCUT2D eigenvalue weighted by Crippen LogP contribution is -2.24. The Kier molecular flexibility index (Phi) is 7.74. The summed E-state index contributed by atoms with van der Waals surface area (Å²) in [5, 5.41) is 11.9. The van der Waals surface area contributed by atoms with Crippen molar-refractivity contribution in [2.24, 2.45) is 0 Å². The lowest BCUT2D eigenvalue weighted by atomic mass is 10.1. The van der Waals surface area contributed by atoms with Crippen molar-refractivity contribution in [1.82, 2.24) is 0 Å². The number of aryl methyl sites for hydroxylation is 1. The second-order valence-electron chi connectivity index (χ2n) is 5.81. The summed E-state index contributed by atoms with van der Waals surface area (Å²) in [6, 6.07) is 8.40. The summed E-state index contributed by atoms with van der Waals surface area (Å²) < 4.78 is 15.2. The van der Waals surface area contributed by atoms with E-state index in [-0.39, 0.29) is 17.9 Å². The fourth-order valence-corrected chi connectivity index (χ4v) is 3.40. The molecule has 0 saturated carbocycles. The average Bonchev–Trinajstić information content (AvgIpc) is 2.98. The molecule has 1 N–H and O–H groups in total. The Bertz CT molecular complexity index is 960. The second-order valence-corrected chi connectivity index (χ2v) is 7.04. The molecule has 0 atom stereocenters. The number of hydrogen-bond donors (Lipinski definition) is 1. The Morgan fingerprint density at radius 3 is 2.55 bits per heavy atom. The van der Waals surface area contributed by atoms with E-state index in [2.05, 4.69) is 5.32 Å². The predicted octanol–water partition coefficient (Wildman–Crippen LogP) is 2.97. The van der Waals surface area contributed by atoms with Gasteiger partial charge in [-0.05, 0) is 38.5 Å². The molecule has 9 heteroatoms. The van der Waals surface area contributed by atoms with Crippen molar-refractivity contribution >= 4 is 34.2 Å². The maximum Gasteiger partial charge on any atom is 0.344 e. The van der Waals surface area contributed by atoms with Crippen molar-refractivity contribution in [3.05, 3.63) is 45.8 Å². The van der Waals surface area contributed by atoms with Crippen LogP contribution in [0.3, 0.4) is 0 Å². The zero-order valence-electron chi connectivity index (χ0n) is 16.2. The van der Waals surface area contributed by atoms with Crippen LogP contribution in [0.5, 0.6) is 5.75 Å². The van der Waals surface area contributed by atoms with Crippen LogP contribution in [0.1, 0.15) is 33.3 Å². The highest BCUT2D eigenvalue weighted by atomic mass is 32.1. The van der Waals surface area contributed by atoms with Crippen LogP contribution >= 0.6 is 11.3 Å². The van der Waals surface area contributed by atoms with Crippen molar-refractivity contribution in [2.75, 3.05) is 25.1 Å². The third-order valence-corrected chi connectivity index (χ3v) is 4.96. The Hall–Kier alpha value is -3.38. The van der Waals surface area contributed by atoms with E-state index in [0.29, 0.717) is 10.6 Å². The molecule has 1 aromatic heterocycles. The monoisotopic (exact) mass is 416 g/mol. The summed E-state index contributed by atoms with van der Waals surface area (Å²) in [5.41, 5.74) is 1.31. The Balaban J connectivity index is 1.90. The van der Waals surface area contributed by atoms with E-state index in [1.54, 1.807) is 38.1 Å². The second kappa shape index (κ2) is 10.2. The van der Waals surface area contributed by atoms with Crippen LogP contribution in [-0.4, -0.2) is 37.7 Å². The lowest BCUT2D eigenvalue weighted by Gasteiger charge is -2.09. The van der Waals surface area contributed by atoms with Crippen molar-refractivity contribution in [2.45, 2.75) is 20.8 Å². The summed E-state index contributed by atoms with van der Waals surface area (Å²) in [6.07, 6.45) is 0. The fourth-order valence-electron chi connectivity index (χ4n) is 2.34. The number of nitriles is 1. The number of esters is 2. The van der Waals surface area contributed by atoms with Crippen LogP contribution in [0.4, 0.5) is 5.00 Å². The molecule has 1 heterocycles. The third kappa shape index (κ3) is 5.80. The maximum absolute atomic E-state index is 12.1. The standard InChI is InChI=1S/C20H20N2O6S/c1-4-26-20(25)18-12(2)13(3)29-19(18)22-16(23)10-28-17(24)11-27-15-8-6-5-7-14(15)9-21/h5-8H,4,10-11H2,1-3H3,(H,22,23). The molecular weight excluding hydrogens is 396 g/mol. The van der Waals surface area contributed by atoms with Crippen LogP contribution in [-0.2, 0) is 19.1 Å². The van der Waals surface area contributed by atoms with E-state index in [0.717, 1.165) is 10.4 Å². The summed E-state index contributed by atoms with van der Waals surface area (Å²) >= 11 is 1.24. The van der Waals surface area contributed by atoms with Crippen LogP contribution in [0, 0.1) is 25.2 Å². The van der Waals surface area contributed by atoms with E-state index >= 15 is 0 Å². The quantitative estimate of drug-likeness (QED) is 0.658. The summed E-state index contributed by atoms with van der Waals surface area (Å²) in [5.74, 6) is -1.63. The summed E-state index contributed by atoms with van der Waals surface area (Å²) in [4.78, 5) is 36.9. The highest BCUT2D eigenvalue weighted by molar-refractivity contribution is 7.16. The van der Waals surface area contributed by atoms with Crippen LogP contribution in [0.15, 0.2) is 24.3 Å². The molecule has 0 unspecified atom stereocenters. The molecular formula is C20H20N2O6S. The fraction of sp³-hybridized carbons (Fsp3) is 0.300. The number of ether oxygens (including phenoxy) is 3. The number of benzene rings is 1. The molecule has 0 fully saturated rings. The zero-order chi connectivity index (χ0) is 21.4. The van der Waals surface area contributed by atoms with Gasteiger partial charge in [-0.2, -0.15) is 5.26 Å². The molecule has 2 rings (SSSR count). The minimum absolute atomic E-state index is 0.215. The van der Waals surface area contributed by atoms with Gasteiger partial charge in [0.15, 0.2) is 13.2 Å². The smallest absolute Gasteiger partial charge is 0.344 e. The van der Waals surface area contributed by atoms with Gasteiger partial charge in [-0.1, -0.05) is 12.1 Å². The van der Waals surface area contributed by atoms with Crippen molar-refractivity contribution in [3.63, 3.8) is 0 Å². The number of amides is 1. The molecule has 0 aliphatic carbocycles. The van der Waals surface area contributed by atoms with E-state index in [1.165, 1.54) is 11.3 Å². The Morgan fingerprint density at radius 2 is 1.86 bits per heavy atom. The molecule has 1 aromatic carbocycles. The number of anilines is 1. The number of thiophene rings is 1. The number of para-hydroxylation sites is 1. The normalized spacial score (nSPS) is 10.0. The first-order chi connectivity index (χ1) is 13.9. The first kappa shape index (κ1) is 21.9. The molecule has 0 radical (unpaired) electrons. The molecule has 152 valence electrons. The van der Waals surface area contributed by atoms with Gasteiger partial charge >= 0.3 is 11.9 Å². The zero-order valence-corrected chi connectivity index (χ0v) is 17.1.